The van der Waals surface area contributed by atoms with Gasteiger partial charge in [-0.3, -0.25) is 0 Å². The lowest BCUT2D eigenvalue weighted by Crippen LogP contribution is -1.86. The molecule has 0 nitrogen and oxygen atoms in total. The fraction of sp³-hybridized carbons (Fsp3) is 0.889. The van der Waals surface area contributed by atoms with E-state index in [0.29, 0.717) is 12.8 Å². The summed E-state index contributed by atoms with van der Waals surface area (Å²) >= 11 is 0. The quantitative estimate of drug-likeness (QED) is 0.288. The summed E-state index contributed by atoms with van der Waals surface area (Å²) in [6.45, 7) is 4.36. The Morgan fingerprint density at radius 3 is 1.15 bits per heavy atom. The largest absolute Gasteiger partial charge is 0.209 e. The normalized spacial score (nSPS) is 12.6. The average Bonchev–Trinajstić information content (AvgIpc) is 2.45. The Hall–Kier alpha value is -0.400. The molecule has 0 saturated carbocycles. The van der Waals surface area contributed by atoms with Crippen molar-refractivity contribution >= 4 is 0 Å². The molecule has 2 heteroatoms. The van der Waals surface area contributed by atoms with Gasteiger partial charge in [0.2, 0.25) is 0 Å². The molecule has 0 aromatic carbocycles. The second-order valence-corrected chi connectivity index (χ2v) is 5.85. The van der Waals surface area contributed by atoms with E-state index in [9.17, 15) is 8.78 Å². The number of rotatable bonds is 14. The first-order valence-corrected chi connectivity index (χ1v) is 8.75. The molecule has 0 aliphatic rings. The van der Waals surface area contributed by atoms with E-state index >= 15 is 0 Å². The van der Waals surface area contributed by atoms with Crippen LogP contribution in [-0.2, 0) is 0 Å². The molecule has 0 aromatic heterocycles. The molecule has 0 radical (unpaired) electrons. The van der Waals surface area contributed by atoms with Crippen LogP contribution in [-0.4, -0.2) is 0 Å². The van der Waals surface area contributed by atoms with Crippen molar-refractivity contribution in [3.8, 4) is 0 Å². The lowest BCUT2D eigenvalue weighted by molar-refractivity contribution is 0.461. The molecule has 0 N–H and O–H groups in total. The van der Waals surface area contributed by atoms with Crippen LogP contribution < -0.4 is 0 Å². The van der Waals surface area contributed by atoms with E-state index in [1.54, 1.807) is 0 Å². The van der Waals surface area contributed by atoms with Gasteiger partial charge >= 0.3 is 0 Å². The third-order valence-corrected chi connectivity index (χ3v) is 3.79. The van der Waals surface area contributed by atoms with Crippen LogP contribution in [0, 0.1) is 0 Å². The summed E-state index contributed by atoms with van der Waals surface area (Å²) in [5, 5.41) is 0. The number of allylic oxidation sites excluding steroid dienone is 2. The first-order valence-electron chi connectivity index (χ1n) is 8.75. The highest BCUT2D eigenvalue weighted by molar-refractivity contribution is 4.99. The van der Waals surface area contributed by atoms with Gasteiger partial charge in [0.05, 0.1) is 0 Å². The summed E-state index contributed by atoms with van der Waals surface area (Å²) in [6.07, 6.45) is 13.9. The van der Waals surface area contributed by atoms with E-state index in [1.807, 2.05) is 0 Å². The van der Waals surface area contributed by atoms with E-state index in [-0.39, 0.29) is 0 Å². The Balaban J connectivity index is 3.52. The van der Waals surface area contributed by atoms with Crippen molar-refractivity contribution < 1.29 is 8.78 Å². The van der Waals surface area contributed by atoms with Crippen molar-refractivity contribution in [3.05, 3.63) is 11.7 Å². The molecular weight excluding hydrogens is 254 g/mol. The van der Waals surface area contributed by atoms with E-state index < -0.39 is 11.7 Å². The first-order chi connectivity index (χ1) is 9.72. The molecule has 0 amide bonds. The predicted molar refractivity (Wildman–Crippen MR) is 85.2 cm³/mol. The van der Waals surface area contributed by atoms with Crippen LogP contribution in [0.15, 0.2) is 11.7 Å². The van der Waals surface area contributed by atoms with E-state index in [0.717, 1.165) is 38.5 Å². The fourth-order valence-corrected chi connectivity index (χ4v) is 2.39. The lowest BCUT2D eigenvalue weighted by atomic mass is 10.1. The van der Waals surface area contributed by atoms with Gasteiger partial charge in [-0.2, -0.15) is 0 Å². The van der Waals surface area contributed by atoms with Gasteiger partial charge in [-0.25, -0.2) is 8.78 Å². The minimum Gasteiger partial charge on any atom is -0.209 e. The maximum absolute atomic E-state index is 13.5. The molecule has 120 valence electrons. The number of unbranched alkanes of at least 4 members (excludes halogenated alkanes) is 10. The summed E-state index contributed by atoms with van der Waals surface area (Å²) in [6, 6.07) is 0. The van der Waals surface area contributed by atoms with Crippen LogP contribution in [0.25, 0.3) is 0 Å². The Labute approximate surface area is 125 Å². The summed E-state index contributed by atoms with van der Waals surface area (Å²) in [5.74, 6) is -0.983. The Morgan fingerprint density at radius 2 is 0.800 bits per heavy atom. The number of hydrogen-bond donors (Lipinski definition) is 0. The van der Waals surface area contributed by atoms with Gasteiger partial charge in [-0.1, -0.05) is 78.1 Å². The van der Waals surface area contributed by atoms with Gasteiger partial charge in [0, 0.05) is 12.8 Å². The molecule has 0 heterocycles. The molecule has 0 unspecified atom stereocenters. The zero-order valence-electron chi connectivity index (χ0n) is 13.7. The second kappa shape index (κ2) is 15.0. The van der Waals surface area contributed by atoms with Gasteiger partial charge in [-0.05, 0) is 12.8 Å². The first kappa shape index (κ1) is 19.6. The Morgan fingerprint density at radius 1 is 0.500 bits per heavy atom. The topological polar surface area (TPSA) is 0 Å². The summed E-state index contributed by atoms with van der Waals surface area (Å²) < 4.78 is 27.0. The molecule has 0 saturated heterocycles. The van der Waals surface area contributed by atoms with Crippen molar-refractivity contribution in [1.82, 2.24) is 0 Å². The number of halogens is 2. The molecule has 0 aromatic rings. The highest BCUT2D eigenvalue weighted by Gasteiger charge is 2.05. The van der Waals surface area contributed by atoms with Gasteiger partial charge < -0.3 is 0 Å². The molecule has 20 heavy (non-hydrogen) atoms. The van der Waals surface area contributed by atoms with E-state index in [1.165, 1.54) is 38.5 Å². The van der Waals surface area contributed by atoms with Crippen molar-refractivity contribution in [2.24, 2.45) is 0 Å². The maximum atomic E-state index is 13.5. The average molecular weight is 288 g/mol. The summed E-state index contributed by atoms with van der Waals surface area (Å²) in [4.78, 5) is 0. The lowest BCUT2D eigenvalue weighted by Gasteiger charge is -2.03. The maximum Gasteiger partial charge on any atom is 0.131 e. The van der Waals surface area contributed by atoms with Crippen molar-refractivity contribution in [1.29, 1.82) is 0 Å². The highest BCUT2D eigenvalue weighted by atomic mass is 19.2. The van der Waals surface area contributed by atoms with Crippen LogP contribution in [0.4, 0.5) is 8.78 Å². The van der Waals surface area contributed by atoms with Gasteiger partial charge in [0.25, 0.3) is 0 Å². The van der Waals surface area contributed by atoms with Crippen molar-refractivity contribution in [2.45, 2.75) is 104 Å². The van der Waals surface area contributed by atoms with Crippen LogP contribution >= 0.6 is 0 Å². The minimum absolute atomic E-state index is 0.299. The van der Waals surface area contributed by atoms with Crippen molar-refractivity contribution in [3.63, 3.8) is 0 Å². The zero-order chi connectivity index (χ0) is 15.1. The third kappa shape index (κ3) is 12.6. The van der Waals surface area contributed by atoms with Crippen LogP contribution in [0.2, 0.25) is 0 Å². The minimum atomic E-state index is -0.492. The van der Waals surface area contributed by atoms with Crippen LogP contribution in [0.1, 0.15) is 104 Å². The summed E-state index contributed by atoms with van der Waals surface area (Å²) in [5.41, 5.74) is 0. The number of hydrogen-bond acceptors (Lipinski definition) is 0. The van der Waals surface area contributed by atoms with Gasteiger partial charge in [-0.15, -0.1) is 0 Å². The van der Waals surface area contributed by atoms with E-state index in [4.69, 9.17) is 0 Å². The smallest absolute Gasteiger partial charge is 0.131 e. The molecular formula is C18H34F2. The molecule has 0 aliphatic heterocycles. The standard InChI is InChI=1S/C18H34F2/c1-3-5-7-9-11-13-15-17(19)18(20)16-14-12-10-8-6-4-2/h3-16H2,1-2H3. The molecule has 0 fully saturated rings. The predicted octanol–water partition coefficient (Wildman–Crippen LogP) is 7.64. The van der Waals surface area contributed by atoms with Gasteiger partial charge in [0.1, 0.15) is 11.7 Å². The molecule has 0 aliphatic carbocycles. The third-order valence-electron chi connectivity index (χ3n) is 3.79. The second-order valence-electron chi connectivity index (χ2n) is 5.85. The van der Waals surface area contributed by atoms with Crippen LogP contribution in [0.3, 0.4) is 0 Å². The summed E-state index contributed by atoms with van der Waals surface area (Å²) in [7, 11) is 0. The fourth-order valence-electron chi connectivity index (χ4n) is 2.39. The zero-order valence-corrected chi connectivity index (χ0v) is 13.7. The SMILES string of the molecule is CCCCCCCCC(F)=C(F)CCCCCCCC. The monoisotopic (exact) mass is 288 g/mol. The van der Waals surface area contributed by atoms with E-state index in [2.05, 4.69) is 13.8 Å². The Bertz CT molecular complexity index is 210. The molecule has 0 bridgehead atoms. The Kier molecular flexibility index (Phi) is 14.7. The molecule has 0 rings (SSSR count). The van der Waals surface area contributed by atoms with Gasteiger partial charge in [0.15, 0.2) is 0 Å². The molecule has 0 spiro atoms. The molecule has 0 atom stereocenters. The highest BCUT2D eigenvalue weighted by Crippen LogP contribution is 2.21. The van der Waals surface area contributed by atoms with Crippen molar-refractivity contribution in [2.75, 3.05) is 0 Å². The van der Waals surface area contributed by atoms with Crippen LogP contribution in [0.5, 0.6) is 0 Å².